The van der Waals surface area contributed by atoms with Gasteiger partial charge in [-0.3, -0.25) is 0 Å². The average Bonchev–Trinajstić information content (AvgIpc) is 4.27. The Morgan fingerprint density at radius 1 is 0.205 bits per heavy atom. The molecule has 0 N–H and O–H groups in total. The van der Waals surface area contributed by atoms with Crippen LogP contribution in [0.5, 0.6) is 0 Å². The van der Waals surface area contributed by atoms with Crippen LogP contribution < -0.4 is 0 Å². The minimum absolute atomic E-state index is 1.16. The summed E-state index contributed by atoms with van der Waals surface area (Å²) >= 11 is 5.80. The highest BCUT2D eigenvalue weighted by Crippen LogP contribution is 2.53. The Morgan fingerprint density at radius 3 is 1.05 bits per heavy atom. The molecule has 0 aliphatic carbocycles. The fourth-order valence-corrected chi connectivity index (χ4v) is 16.3. The number of hydrogen-bond donors (Lipinski definition) is 0. The maximum atomic E-state index is 2.56. The van der Waals surface area contributed by atoms with Gasteiger partial charge in [-0.2, -0.15) is 0 Å². The van der Waals surface area contributed by atoms with Gasteiger partial charge in [-0.25, -0.2) is 0 Å². The highest BCUT2D eigenvalue weighted by molar-refractivity contribution is 7.28. The van der Waals surface area contributed by atoms with Crippen molar-refractivity contribution in [1.82, 2.24) is 9.13 Å². The van der Waals surface area contributed by atoms with Crippen molar-refractivity contribution in [3.05, 3.63) is 231 Å². The normalized spacial score (nSPS) is 12.4. The highest BCUT2D eigenvalue weighted by atomic mass is 32.1. The fourth-order valence-electron chi connectivity index (χ4n) is 12.5. The van der Waals surface area contributed by atoms with Gasteiger partial charge in [0.1, 0.15) is 0 Å². The molecule has 0 fully saturated rings. The van der Waals surface area contributed by atoms with Gasteiger partial charge < -0.3 is 9.13 Å². The molecular formula is C68H38N2S3. The molecule has 0 saturated heterocycles. The Hall–Kier alpha value is -8.58. The van der Waals surface area contributed by atoms with Gasteiger partial charge in [0.2, 0.25) is 0 Å². The molecule has 5 heterocycles. The van der Waals surface area contributed by atoms with E-state index in [-0.39, 0.29) is 0 Å². The van der Waals surface area contributed by atoms with Crippen LogP contribution in [0.4, 0.5) is 0 Å². The molecule has 0 amide bonds. The number of para-hydroxylation sites is 4. The predicted molar refractivity (Wildman–Crippen MR) is 320 cm³/mol. The van der Waals surface area contributed by atoms with E-state index in [0.717, 1.165) is 11.4 Å². The zero-order valence-electron chi connectivity index (χ0n) is 39.1. The van der Waals surface area contributed by atoms with Gasteiger partial charge in [0.15, 0.2) is 0 Å². The van der Waals surface area contributed by atoms with Crippen LogP contribution in [0, 0.1) is 0 Å². The van der Waals surface area contributed by atoms with E-state index in [9.17, 15) is 0 Å². The summed E-state index contributed by atoms with van der Waals surface area (Å²) < 4.78 is 12.9. The summed E-state index contributed by atoms with van der Waals surface area (Å²) in [4.78, 5) is 0. The molecule has 73 heavy (non-hydrogen) atoms. The summed E-state index contributed by atoms with van der Waals surface area (Å²) in [6, 6.07) is 86.6. The molecule has 0 aliphatic heterocycles. The molecule has 0 aliphatic rings. The fraction of sp³-hybridized carbons (Fsp3) is 0. The molecule has 5 heteroatoms. The molecule has 17 aromatic rings. The summed E-state index contributed by atoms with van der Waals surface area (Å²) in [5, 5.41) is 18.0. The molecular weight excluding hydrogens is 941 g/mol. The van der Waals surface area contributed by atoms with Crippen LogP contribution in [0.1, 0.15) is 0 Å². The first kappa shape index (κ1) is 40.1. The van der Waals surface area contributed by atoms with Gasteiger partial charge in [0.25, 0.3) is 0 Å². The second kappa shape index (κ2) is 15.0. The van der Waals surface area contributed by atoms with E-state index in [1.807, 2.05) is 34.0 Å². The Morgan fingerprint density at radius 2 is 0.589 bits per heavy atom. The SMILES string of the molecule is c1ccc(-n2c3ccccc3c3cc4c(cc32)c(-c2cccc3c2sc2ccccc23)cc2c3cc(-c5cccc6c5sc5ccccc56)c5cc6c(cc5c3sc42)c2ccccc2n6-c2ccccc2)cc1. The first-order valence-electron chi connectivity index (χ1n) is 24.9. The van der Waals surface area contributed by atoms with E-state index in [1.165, 1.54) is 148 Å². The van der Waals surface area contributed by atoms with Crippen LogP contribution in [-0.2, 0) is 0 Å². The van der Waals surface area contributed by atoms with E-state index in [0.29, 0.717) is 0 Å². The molecule has 2 nitrogen and oxygen atoms in total. The molecule has 0 saturated carbocycles. The minimum Gasteiger partial charge on any atom is -0.309 e. The first-order valence-corrected chi connectivity index (χ1v) is 27.3. The molecule has 0 spiro atoms. The number of rotatable bonds is 4. The van der Waals surface area contributed by atoms with Gasteiger partial charge >= 0.3 is 0 Å². The van der Waals surface area contributed by atoms with Crippen LogP contribution in [0.25, 0.3) is 159 Å². The standard InChI is InChI=1S/C68H38N2S3/c1-3-17-39(18-4-1)69-59-29-11-7-21-41(59)53-35-55-51(37-61(53)69)49(47-27-15-25-45-43-23-9-13-31-63(43)71-65(45)47)33-57-58-34-50(48-28-16-26-46-44-24-10-14-32-64(44)72-66(46)48)52-38-62-54(36-56(52)68(58)73-67(55)57)42-22-8-12-30-60(42)70(62)40-19-5-2-6-20-40/h1-38H. The molecule has 0 bridgehead atoms. The lowest BCUT2D eigenvalue weighted by Gasteiger charge is -2.14. The number of aromatic nitrogens is 2. The van der Waals surface area contributed by atoms with Crippen LogP contribution >= 0.6 is 34.0 Å². The van der Waals surface area contributed by atoms with E-state index >= 15 is 0 Å². The van der Waals surface area contributed by atoms with Gasteiger partial charge in [0.05, 0.1) is 22.1 Å². The summed E-state index contributed by atoms with van der Waals surface area (Å²) in [6.45, 7) is 0. The summed E-state index contributed by atoms with van der Waals surface area (Å²) in [7, 11) is 0. The van der Waals surface area contributed by atoms with Crippen LogP contribution in [0.15, 0.2) is 231 Å². The molecule has 338 valence electrons. The smallest absolute Gasteiger partial charge is 0.0547 e. The van der Waals surface area contributed by atoms with Crippen LogP contribution in [0.2, 0.25) is 0 Å². The van der Waals surface area contributed by atoms with Crippen LogP contribution in [0.3, 0.4) is 0 Å². The largest absolute Gasteiger partial charge is 0.309 e. The van der Waals surface area contributed by atoms with Crippen LogP contribution in [-0.4, -0.2) is 9.13 Å². The maximum absolute atomic E-state index is 2.56. The highest BCUT2D eigenvalue weighted by Gasteiger charge is 2.24. The predicted octanol–water partition coefficient (Wildman–Crippen LogP) is 20.6. The molecule has 17 rings (SSSR count). The van der Waals surface area contributed by atoms with Crippen molar-refractivity contribution in [2.75, 3.05) is 0 Å². The first-order chi connectivity index (χ1) is 36.2. The quantitative estimate of drug-likeness (QED) is 0.166. The minimum atomic E-state index is 1.16. The summed E-state index contributed by atoms with van der Waals surface area (Å²) in [5.41, 5.74) is 12.3. The van der Waals surface area contributed by atoms with Gasteiger partial charge in [-0.05, 0) is 107 Å². The van der Waals surface area contributed by atoms with E-state index in [4.69, 9.17) is 0 Å². The lowest BCUT2D eigenvalue weighted by Crippen LogP contribution is -1.93. The van der Waals surface area contributed by atoms with Crippen molar-refractivity contribution in [1.29, 1.82) is 0 Å². The molecule has 0 atom stereocenters. The lowest BCUT2D eigenvalue weighted by atomic mass is 9.91. The third-order valence-corrected chi connectivity index (χ3v) is 19.4. The van der Waals surface area contributed by atoms with Crippen molar-refractivity contribution in [2.24, 2.45) is 0 Å². The van der Waals surface area contributed by atoms with E-state index < -0.39 is 0 Å². The molecule has 0 unspecified atom stereocenters. The zero-order chi connectivity index (χ0) is 47.5. The number of fused-ring (bicyclic) bond motifs is 19. The van der Waals surface area contributed by atoms with Gasteiger partial charge in [-0.15, -0.1) is 34.0 Å². The Bertz CT molecular complexity index is 4870. The molecule has 5 aromatic heterocycles. The van der Waals surface area contributed by atoms with Crippen molar-refractivity contribution in [3.63, 3.8) is 0 Å². The lowest BCUT2D eigenvalue weighted by molar-refractivity contribution is 1.18. The number of thiophene rings is 3. The van der Waals surface area contributed by atoms with Crippen molar-refractivity contribution in [3.8, 4) is 33.6 Å². The number of benzene rings is 12. The third kappa shape index (κ3) is 5.56. The summed E-state index contributed by atoms with van der Waals surface area (Å²) in [5.74, 6) is 0. The molecule has 0 radical (unpaired) electrons. The Kier molecular flexibility index (Phi) is 8.22. The molecule has 12 aromatic carbocycles. The Balaban J connectivity index is 1.07. The number of nitrogens with zero attached hydrogens (tertiary/aromatic N) is 2. The van der Waals surface area contributed by atoms with E-state index in [1.54, 1.807) is 0 Å². The monoisotopic (exact) mass is 978 g/mol. The summed E-state index contributed by atoms with van der Waals surface area (Å²) in [6.07, 6.45) is 0. The van der Waals surface area contributed by atoms with Crippen molar-refractivity contribution >= 4 is 160 Å². The second-order valence-corrected chi connectivity index (χ2v) is 22.6. The second-order valence-electron chi connectivity index (χ2n) is 19.5. The topological polar surface area (TPSA) is 9.86 Å². The Labute approximate surface area is 430 Å². The van der Waals surface area contributed by atoms with Crippen molar-refractivity contribution < 1.29 is 0 Å². The van der Waals surface area contributed by atoms with Gasteiger partial charge in [-0.1, -0.05) is 146 Å². The zero-order valence-corrected chi connectivity index (χ0v) is 41.5. The van der Waals surface area contributed by atoms with Crippen molar-refractivity contribution in [2.45, 2.75) is 0 Å². The average molecular weight is 979 g/mol. The maximum Gasteiger partial charge on any atom is 0.0547 e. The van der Waals surface area contributed by atoms with E-state index in [2.05, 4.69) is 240 Å². The number of hydrogen-bond acceptors (Lipinski definition) is 3. The third-order valence-electron chi connectivity index (χ3n) is 15.7. The van der Waals surface area contributed by atoms with Gasteiger partial charge in [0, 0.05) is 115 Å².